The second-order valence-electron chi connectivity index (χ2n) is 13.4. The van der Waals surface area contributed by atoms with Gasteiger partial charge in [0, 0.05) is 5.54 Å². The second-order valence-corrected chi connectivity index (χ2v) is 15.8. The van der Waals surface area contributed by atoms with Gasteiger partial charge in [0.25, 0.3) is 0 Å². The maximum Gasteiger partial charge on any atom is 0.152 e. The highest BCUT2D eigenvalue weighted by Crippen LogP contribution is 2.22. The van der Waals surface area contributed by atoms with Crippen molar-refractivity contribution in [3.05, 3.63) is 0 Å². The molecule has 0 aliphatic heterocycles. The highest BCUT2D eigenvalue weighted by atomic mass is 35.5. The number of nitrogens with one attached hydrogen (secondary N) is 1. The van der Waals surface area contributed by atoms with Crippen LogP contribution in [0.3, 0.4) is 0 Å². The Hall–Kier alpha value is -0.600. The first-order chi connectivity index (χ1) is 23.6. The third-order valence-corrected chi connectivity index (χ3v) is 10.8. The molecule has 0 saturated heterocycles. The summed E-state index contributed by atoms with van der Waals surface area (Å²) in [7, 11) is -4.07. The molecule has 0 heterocycles. The highest BCUT2D eigenvalue weighted by Gasteiger charge is 2.47. The molecular weight excluding hydrogens is 758 g/mol. The van der Waals surface area contributed by atoms with Crippen molar-refractivity contribution in [3.63, 3.8) is 0 Å². The van der Waals surface area contributed by atoms with Gasteiger partial charge in [0.1, 0.15) is 110 Å². The Balaban J connectivity index is 5.46. The van der Waals surface area contributed by atoms with Gasteiger partial charge in [-0.2, -0.15) is 0 Å². The lowest BCUT2D eigenvalue weighted by Gasteiger charge is -2.37. The number of sulfone groups is 1. The Morgan fingerprint density at radius 1 is 0.462 bits per heavy atom. The summed E-state index contributed by atoms with van der Waals surface area (Å²) in [6.07, 6.45) is -49.7. The van der Waals surface area contributed by atoms with Crippen LogP contribution in [0.4, 0.5) is 0 Å². The van der Waals surface area contributed by atoms with Crippen molar-refractivity contribution in [2.24, 2.45) is 0 Å². The summed E-state index contributed by atoms with van der Waals surface area (Å²) in [5.41, 5.74) is -0.644. The lowest BCUT2D eigenvalue weighted by molar-refractivity contribution is -0.212. The Labute approximate surface area is 303 Å². The summed E-state index contributed by atoms with van der Waals surface area (Å²) in [4.78, 5) is 2.44. The van der Waals surface area contributed by atoms with E-state index in [-0.39, 0.29) is 12.8 Å². The van der Waals surface area contributed by atoms with Gasteiger partial charge in [-0.3, -0.25) is 0 Å². The summed E-state index contributed by atoms with van der Waals surface area (Å²) in [6, 6.07) is 0. The van der Waals surface area contributed by atoms with Crippen molar-refractivity contribution in [3.8, 4) is 0 Å². The molecule has 52 heavy (non-hydrogen) atoms. The fourth-order valence-electron chi connectivity index (χ4n) is 4.82. The Kier molecular flexibility index (Phi) is 22.0. The van der Waals surface area contributed by atoms with Gasteiger partial charge in [0.05, 0.1) is 24.2 Å². The van der Waals surface area contributed by atoms with Gasteiger partial charge in [-0.15, -0.1) is 0 Å². The number of halogens is 1. The van der Waals surface area contributed by atoms with Crippen LogP contribution in [0.15, 0.2) is 0 Å². The number of hydrogen-bond acceptors (Lipinski definition) is 23. The topological polar surface area (TPSA) is 451 Å². The molecular formula is C27H56ClNO22S. The predicted octanol–water partition coefficient (Wildman–Crippen LogP) is -11.4. The lowest BCUT2D eigenvalue weighted by atomic mass is 9.87. The number of hydrogen-bond donors (Lipinski definition) is 21. The molecule has 0 aromatic carbocycles. The van der Waals surface area contributed by atoms with E-state index in [2.05, 4.69) is 4.84 Å². The first-order valence-corrected chi connectivity index (χ1v) is 17.9. The maximum atomic E-state index is 12.4. The standard InChI is InChI=1S/C27H56ClNO22S/c1-27(2,29-28)4-3-5-52(50,51)7-9(32)11(34)13(36)15(38)17(40)19(42)21(44)23(46)25(48)26(49)24(47)22(45)20(43)18(41)16(39)14(37)12(35)10(33)8(31)6-30/h8-26,29-49H,3-7H2,1-2H3. The van der Waals surface area contributed by atoms with E-state index in [9.17, 15) is 105 Å². The van der Waals surface area contributed by atoms with E-state index in [1.54, 1.807) is 13.8 Å². The van der Waals surface area contributed by atoms with E-state index in [0.29, 0.717) is 0 Å². The molecule has 0 aromatic heterocycles. The molecule has 0 rings (SSSR count). The van der Waals surface area contributed by atoms with E-state index >= 15 is 0 Å². The molecule has 19 atom stereocenters. The quantitative estimate of drug-likeness (QED) is 0.0360. The highest BCUT2D eigenvalue weighted by molar-refractivity contribution is 7.91. The molecule has 0 spiro atoms. The summed E-state index contributed by atoms with van der Waals surface area (Å²) >= 11 is 5.55. The van der Waals surface area contributed by atoms with Crippen LogP contribution >= 0.6 is 11.8 Å². The Morgan fingerprint density at radius 3 is 0.923 bits per heavy atom. The predicted molar refractivity (Wildman–Crippen MR) is 172 cm³/mol. The van der Waals surface area contributed by atoms with E-state index < -0.39 is 149 Å². The number of rotatable bonds is 26. The van der Waals surface area contributed by atoms with Crippen molar-refractivity contribution in [2.45, 2.75) is 148 Å². The molecule has 0 aromatic rings. The van der Waals surface area contributed by atoms with Gasteiger partial charge in [-0.05, 0) is 38.5 Å². The minimum atomic E-state index is -4.07. The van der Waals surface area contributed by atoms with Gasteiger partial charge >= 0.3 is 0 Å². The van der Waals surface area contributed by atoms with E-state index in [1.807, 2.05) is 0 Å². The first kappa shape index (κ1) is 51.4. The minimum Gasteiger partial charge on any atom is -0.394 e. The Morgan fingerprint density at radius 2 is 0.692 bits per heavy atom. The minimum absolute atomic E-state index is 0.0659. The second kappa shape index (κ2) is 22.2. The molecule has 23 nitrogen and oxygen atoms in total. The molecule has 0 saturated carbocycles. The zero-order valence-electron chi connectivity index (χ0n) is 28.1. The average molecular weight is 814 g/mol. The largest absolute Gasteiger partial charge is 0.394 e. The van der Waals surface area contributed by atoms with Crippen LogP contribution in [-0.4, -0.2) is 250 Å². The SMILES string of the molecule is CC(C)(CCCS(=O)(=O)CC(O)C(O)C(O)C(O)C(O)C(O)C(O)C(O)C(O)C(O)C(O)C(O)C(O)C(O)C(O)C(O)C(O)C(O)C(O)CO)NCl. The molecule has 0 fully saturated rings. The molecule has 25 heteroatoms. The molecule has 0 aliphatic rings. The van der Waals surface area contributed by atoms with Crippen LogP contribution in [0.25, 0.3) is 0 Å². The van der Waals surface area contributed by atoms with Gasteiger partial charge in [-0.25, -0.2) is 13.3 Å². The summed E-state index contributed by atoms with van der Waals surface area (Å²) in [5, 5.41) is 201. The zero-order chi connectivity index (χ0) is 41.2. The van der Waals surface area contributed by atoms with E-state index in [4.69, 9.17) is 16.9 Å². The molecule has 0 amide bonds. The third-order valence-electron chi connectivity index (χ3n) is 8.51. The van der Waals surface area contributed by atoms with E-state index in [0.717, 1.165) is 0 Å². The number of aliphatic hydroxyl groups is 20. The van der Waals surface area contributed by atoms with Crippen molar-refractivity contribution in [1.82, 2.24) is 4.84 Å². The smallest absolute Gasteiger partial charge is 0.152 e. The van der Waals surface area contributed by atoms with Crippen LogP contribution in [0.1, 0.15) is 26.7 Å². The van der Waals surface area contributed by atoms with Gasteiger partial charge in [0.2, 0.25) is 0 Å². The normalized spacial score (nSPS) is 24.4. The third kappa shape index (κ3) is 14.5. The van der Waals surface area contributed by atoms with Gasteiger partial charge < -0.3 is 102 Å². The molecule has 0 aliphatic carbocycles. The molecule has 0 radical (unpaired) electrons. The van der Waals surface area contributed by atoms with Crippen molar-refractivity contribution in [2.75, 3.05) is 18.1 Å². The average Bonchev–Trinajstić information content (AvgIpc) is 3.11. The fourth-order valence-corrected chi connectivity index (χ4v) is 6.38. The molecule has 19 unspecified atom stereocenters. The van der Waals surface area contributed by atoms with Crippen molar-refractivity contribution >= 4 is 21.6 Å². The molecule has 0 bridgehead atoms. The van der Waals surface area contributed by atoms with Crippen molar-refractivity contribution < 1.29 is 111 Å². The van der Waals surface area contributed by atoms with E-state index in [1.165, 1.54) is 0 Å². The van der Waals surface area contributed by atoms with Crippen LogP contribution in [0.2, 0.25) is 0 Å². The monoisotopic (exact) mass is 813 g/mol. The molecule has 314 valence electrons. The fraction of sp³-hybridized carbons (Fsp3) is 1.00. The maximum absolute atomic E-state index is 12.4. The lowest BCUT2D eigenvalue weighted by Crippen LogP contribution is -2.61. The molecule has 21 N–H and O–H groups in total. The van der Waals surface area contributed by atoms with Crippen LogP contribution in [0, 0.1) is 0 Å². The summed E-state index contributed by atoms with van der Waals surface area (Å²) in [6.45, 7) is 2.24. The number of aliphatic hydroxyl groups excluding tert-OH is 20. The first-order valence-electron chi connectivity index (χ1n) is 15.7. The zero-order valence-corrected chi connectivity index (χ0v) is 29.6. The van der Waals surface area contributed by atoms with Gasteiger partial charge in [-0.1, -0.05) is 0 Å². The van der Waals surface area contributed by atoms with Crippen molar-refractivity contribution in [1.29, 1.82) is 0 Å². The Bertz CT molecular complexity index is 1110. The summed E-state index contributed by atoms with van der Waals surface area (Å²) < 4.78 is 24.7. The van der Waals surface area contributed by atoms with Crippen LogP contribution in [0.5, 0.6) is 0 Å². The van der Waals surface area contributed by atoms with Crippen LogP contribution < -0.4 is 4.84 Å². The van der Waals surface area contributed by atoms with Gasteiger partial charge in [0.15, 0.2) is 9.84 Å². The summed E-state index contributed by atoms with van der Waals surface area (Å²) in [5.74, 6) is -1.61. The van der Waals surface area contributed by atoms with Crippen LogP contribution in [-0.2, 0) is 9.84 Å².